The Hall–Kier alpha value is -1.06. The van der Waals surface area contributed by atoms with Crippen molar-refractivity contribution in [2.24, 2.45) is 17.3 Å². The van der Waals surface area contributed by atoms with Crippen LogP contribution in [0.5, 0.6) is 5.75 Å². The second kappa shape index (κ2) is 11.2. The van der Waals surface area contributed by atoms with E-state index in [1.807, 2.05) is 0 Å². The van der Waals surface area contributed by atoms with Crippen molar-refractivity contribution in [1.82, 2.24) is 0 Å². The minimum absolute atomic E-state index is 0.230. The minimum Gasteiger partial charge on any atom is -0.491 e. The zero-order valence-electron chi connectivity index (χ0n) is 19.2. The Bertz CT molecular complexity index is 552. The predicted molar refractivity (Wildman–Crippen MR) is 118 cm³/mol. The Morgan fingerprint density at radius 2 is 1.79 bits per heavy atom. The fourth-order valence-corrected chi connectivity index (χ4v) is 4.27. The third-order valence-corrected chi connectivity index (χ3v) is 6.15. The first-order valence-electron chi connectivity index (χ1n) is 11.5. The van der Waals surface area contributed by atoms with Crippen LogP contribution in [0.15, 0.2) is 24.3 Å². The molecule has 1 aromatic carbocycles. The molecule has 0 bridgehead atoms. The zero-order chi connectivity index (χ0) is 20.6. The maximum atomic E-state index is 6.09. The monoisotopic (exact) mass is 390 g/mol. The summed E-state index contributed by atoms with van der Waals surface area (Å²) >= 11 is 0. The highest BCUT2D eigenvalue weighted by Crippen LogP contribution is 2.43. The van der Waals surface area contributed by atoms with Gasteiger partial charge in [0.05, 0.1) is 18.8 Å². The molecule has 3 nitrogen and oxygen atoms in total. The van der Waals surface area contributed by atoms with Crippen LogP contribution in [0.25, 0.3) is 0 Å². The Kier molecular flexibility index (Phi) is 9.30. The van der Waals surface area contributed by atoms with Crippen LogP contribution in [0.1, 0.15) is 79.2 Å². The van der Waals surface area contributed by atoms with Crippen molar-refractivity contribution in [3.8, 4) is 5.75 Å². The van der Waals surface area contributed by atoms with Crippen molar-refractivity contribution in [3.05, 3.63) is 29.8 Å². The number of hydrogen-bond acceptors (Lipinski definition) is 2. The van der Waals surface area contributed by atoms with E-state index in [9.17, 15) is 0 Å². The third-order valence-electron chi connectivity index (χ3n) is 6.15. The van der Waals surface area contributed by atoms with E-state index in [0.29, 0.717) is 17.4 Å². The molecule has 0 radical (unpaired) electrons. The molecule has 0 saturated carbocycles. The fourth-order valence-electron chi connectivity index (χ4n) is 4.27. The molecule has 0 unspecified atom stereocenters. The van der Waals surface area contributed by atoms with Crippen LogP contribution in [-0.4, -0.2) is 25.4 Å². The molecule has 2 N–H and O–H groups in total. The van der Waals surface area contributed by atoms with E-state index in [2.05, 4.69) is 71.1 Å². The van der Waals surface area contributed by atoms with Crippen LogP contribution in [0.2, 0.25) is 0 Å². The highest BCUT2D eigenvalue weighted by molar-refractivity contribution is 5.26. The summed E-state index contributed by atoms with van der Waals surface area (Å²) < 4.78 is 11.8. The molecule has 1 fully saturated rings. The van der Waals surface area contributed by atoms with E-state index in [1.165, 1.54) is 44.2 Å². The minimum atomic E-state index is 0.230. The summed E-state index contributed by atoms with van der Waals surface area (Å²) in [4.78, 5) is 0. The van der Waals surface area contributed by atoms with Gasteiger partial charge in [-0.3, -0.25) is 0 Å². The van der Waals surface area contributed by atoms with Gasteiger partial charge in [0.15, 0.2) is 0 Å². The average Bonchev–Trinajstić information content (AvgIpc) is 2.65. The van der Waals surface area contributed by atoms with Crippen molar-refractivity contribution in [2.45, 2.75) is 92.4 Å². The lowest BCUT2D eigenvalue weighted by Crippen LogP contribution is -2.83. The molecular weight excluding hydrogens is 346 g/mol. The maximum Gasteiger partial charge on any atom is 0.119 e. The molecule has 0 spiro atoms. The molecule has 1 aliphatic heterocycles. The predicted octanol–water partition coefficient (Wildman–Crippen LogP) is 5.18. The number of ether oxygens (including phenoxy) is 2. The zero-order valence-corrected chi connectivity index (χ0v) is 19.2. The van der Waals surface area contributed by atoms with Gasteiger partial charge in [0, 0.05) is 18.6 Å². The molecule has 1 saturated heterocycles. The molecule has 0 amide bonds. The van der Waals surface area contributed by atoms with E-state index in [0.717, 1.165) is 24.8 Å². The molecule has 160 valence electrons. The van der Waals surface area contributed by atoms with Crippen LogP contribution in [0, 0.1) is 17.3 Å². The average molecular weight is 391 g/mol. The molecular formula is C25H44NO2+. The van der Waals surface area contributed by atoms with Gasteiger partial charge in [-0.25, -0.2) is 0 Å². The van der Waals surface area contributed by atoms with Crippen LogP contribution < -0.4 is 10.1 Å². The van der Waals surface area contributed by atoms with Crippen LogP contribution in [0.4, 0.5) is 0 Å². The van der Waals surface area contributed by atoms with E-state index in [1.54, 1.807) is 0 Å². The van der Waals surface area contributed by atoms with Crippen LogP contribution in [-0.2, 0) is 11.3 Å². The number of quaternary nitrogens is 1. The fraction of sp³-hybridized carbons (Fsp3) is 0.760. The topological polar surface area (TPSA) is 35.1 Å². The summed E-state index contributed by atoms with van der Waals surface area (Å²) in [5, 5.41) is 2.48. The van der Waals surface area contributed by atoms with Crippen LogP contribution >= 0.6 is 0 Å². The van der Waals surface area contributed by atoms with E-state index < -0.39 is 0 Å². The lowest BCUT2D eigenvalue weighted by molar-refractivity contribution is -0.672. The second-order valence-electron chi connectivity index (χ2n) is 9.88. The van der Waals surface area contributed by atoms with Crippen molar-refractivity contribution in [1.29, 1.82) is 0 Å². The first kappa shape index (κ1) is 23.2. The van der Waals surface area contributed by atoms with Gasteiger partial charge in [0.1, 0.15) is 12.3 Å². The third kappa shape index (κ3) is 7.75. The largest absolute Gasteiger partial charge is 0.491 e. The van der Waals surface area contributed by atoms with Gasteiger partial charge in [-0.1, -0.05) is 34.1 Å². The molecule has 0 aliphatic carbocycles. The number of rotatable bonds is 11. The molecule has 2 atom stereocenters. The van der Waals surface area contributed by atoms with Gasteiger partial charge < -0.3 is 14.8 Å². The first-order valence-corrected chi connectivity index (χ1v) is 11.5. The second-order valence-corrected chi connectivity index (χ2v) is 9.88. The summed E-state index contributed by atoms with van der Waals surface area (Å²) in [6.45, 7) is 16.6. The van der Waals surface area contributed by atoms with Gasteiger partial charge >= 0.3 is 0 Å². The SMILES string of the molecule is CC(C)CC[C@]1(CC[NH2+]Cc2ccc(OC(C)C)cc2)CCO[C@@H](C(C)C)C1. The van der Waals surface area contributed by atoms with Gasteiger partial charge in [-0.15, -0.1) is 0 Å². The normalized spacial score (nSPS) is 23.0. The number of benzene rings is 1. The smallest absolute Gasteiger partial charge is 0.119 e. The summed E-state index contributed by atoms with van der Waals surface area (Å²) in [5.41, 5.74) is 1.85. The summed E-state index contributed by atoms with van der Waals surface area (Å²) in [7, 11) is 0. The Balaban J connectivity index is 1.85. The van der Waals surface area contributed by atoms with E-state index >= 15 is 0 Å². The van der Waals surface area contributed by atoms with Crippen molar-refractivity contribution in [3.63, 3.8) is 0 Å². The highest BCUT2D eigenvalue weighted by Gasteiger charge is 2.37. The van der Waals surface area contributed by atoms with E-state index in [-0.39, 0.29) is 6.10 Å². The Morgan fingerprint density at radius 1 is 1.07 bits per heavy atom. The van der Waals surface area contributed by atoms with Crippen LogP contribution in [0.3, 0.4) is 0 Å². The van der Waals surface area contributed by atoms with Gasteiger partial charge in [-0.05, 0) is 74.6 Å². The standard InChI is InChI=1S/C25H43NO2/c1-19(2)11-12-25(14-16-27-24(17-25)20(3)4)13-15-26-18-22-7-9-23(10-8-22)28-21(5)6/h7-10,19-21,24,26H,11-18H2,1-6H3/p+1/t24-,25+/m1/s1. The van der Waals surface area contributed by atoms with Crippen molar-refractivity contribution in [2.75, 3.05) is 13.2 Å². The molecule has 1 heterocycles. The quantitative estimate of drug-likeness (QED) is 0.528. The Morgan fingerprint density at radius 3 is 2.39 bits per heavy atom. The first-order chi connectivity index (χ1) is 13.3. The molecule has 1 aromatic rings. The maximum absolute atomic E-state index is 6.09. The summed E-state index contributed by atoms with van der Waals surface area (Å²) in [5.74, 6) is 2.37. The van der Waals surface area contributed by atoms with Gasteiger partial charge in [0.25, 0.3) is 0 Å². The molecule has 2 rings (SSSR count). The highest BCUT2D eigenvalue weighted by atomic mass is 16.5. The lowest BCUT2D eigenvalue weighted by Gasteiger charge is -2.42. The molecule has 1 aliphatic rings. The lowest BCUT2D eigenvalue weighted by atomic mass is 9.69. The molecule has 3 heteroatoms. The molecule has 0 aromatic heterocycles. The van der Waals surface area contributed by atoms with Gasteiger partial charge in [-0.2, -0.15) is 0 Å². The van der Waals surface area contributed by atoms with Crippen molar-refractivity contribution < 1.29 is 14.8 Å². The van der Waals surface area contributed by atoms with Crippen molar-refractivity contribution >= 4 is 0 Å². The molecule has 28 heavy (non-hydrogen) atoms. The summed E-state index contributed by atoms with van der Waals surface area (Å²) in [6.07, 6.45) is 7.14. The number of hydrogen-bond donors (Lipinski definition) is 1. The van der Waals surface area contributed by atoms with Gasteiger partial charge in [0.2, 0.25) is 0 Å². The Labute approximate surface area is 173 Å². The number of nitrogens with two attached hydrogens (primary N) is 1. The van der Waals surface area contributed by atoms with E-state index in [4.69, 9.17) is 9.47 Å². The summed E-state index contributed by atoms with van der Waals surface area (Å²) in [6, 6.07) is 8.59.